The van der Waals surface area contributed by atoms with Crippen molar-refractivity contribution in [3.8, 4) is 0 Å². The Hall–Kier alpha value is -0.670. The molecule has 0 bridgehead atoms. The van der Waals surface area contributed by atoms with Gasteiger partial charge in [0.25, 0.3) is 0 Å². The third-order valence-electron chi connectivity index (χ3n) is 3.36. The maximum atomic E-state index is 12.0. The smallest absolute Gasteiger partial charge is 0.166 e. The molecule has 1 saturated carbocycles. The molecule has 1 aliphatic carbocycles. The van der Waals surface area contributed by atoms with Crippen LogP contribution in [0.4, 0.5) is 0 Å². The summed E-state index contributed by atoms with van der Waals surface area (Å²) >= 11 is 1.60. The molecule has 0 aliphatic heterocycles. The molecule has 1 fully saturated rings. The Kier molecular flexibility index (Phi) is 3.54. The Morgan fingerprint density at radius 1 is 1.40 bits per heavy atom. The molecule has 0 unspecified atom stereocenters. The first-order valence-electron chi connectivity index (χ1n) is 5.57. The summed E-state index contributed by atoms with van der Waals surface area (Å²) in [5.41, 5.74) is 6.54. The second-order valence-corrected chi connectivity index (χ2v) is 5.11. The zero-order valence-electron chi connectivity index (χ0n) is 8.82. The fourth-order valence-electron chi connectivity index (χ4n) is 2.30. The topological polar surface area (TPSA) is 43.1 Å². The van der Waals surface area contributed by atoms with Crippen molar-refractivity contribution < 1.29 is 4.79 Å². The van der Waals surface area contributed by atoms with Gasteiger partial charge in [0, 0.05) is 16.9 Å². The molecular weight excluding hydrogens is 206 g/mol. The maximum Gasteiger partial charge on any atom is 0.166 e. The summed E-state index contributed by atoms with van der Waals surface area (Å²) in [5, 5.41) is 3.93. The molecular formula is C12H17NOS. The summed E-state index contributed by atoms with van der Waals surface area (Å²) in [6.07, 6.45) is 4.29. The zero-order chi connectivity index (χ0) is 10.7. The van der Waals surface area contributed by atoms with Crippen LogP contribution in [-0.2, 0) is 0 Å². The molecule has 2 N–H and O–H groups in total. The highest BCUT2D eigenvalue weighted by Crippen LogP contribution is 2.30. The Bertz CT molecular complexity index is 312. The van der Waals surface area contributed by atoms with E-state index < -0.39 is 0 Å². The number of hydrogen-bond acceptors (Lipinski definition) is 3. The highest BCUT2D eigenvalue weighted by molar-refractivity contribution is 7.08. The Morgan fingerprint density at radius 3 is 2.67 bits per heavy atom. The number of carbonyl (C=O) groups excluding carboxylic acids is 1. The van der Waals surface area contributed by atoms with E-state index in [1.165, 1.54) is 0 Å². The number of rotatable bonds is 3. The van der Waals surface area contributed by atoms with Gasteiger partial charge in [0.15, 0.2) is 5.78 Å². The van der Waals surface area contributed by atoms with Crippen molar-refractivity contribution in [2.24, 2.45) is 17.6 Å². The van der Waals surface area contributed by atoms with Crippen LogP contribution in [0.2, 0.25) is 0 Å². The molecule has 1 aromatic rings. The molecule has 1 aliphatic rings. The summed E-state index contributed by atoms with van der Waals surface area (Å²) in [6.45, 7) is 0.777. The molecule has 0 atom stereocenters. The first-order valence-corrected chi connectivity index (χ1v) is 6.52. The Balaban J connectivity index is 1.93. The van der Waals surface area contributed by atoms with E-state index >= 15 is 0 Å². The maximum absolute atomic E-state index is 12.0. The van der Waals surface area contributed by atoms with Crippen LogP contribution in [0.15, 0.2) is 16.8 Å². The quantitative estimate of drug-likeness (QED) is 0.801. The molecule has 0 amide bonds. The van der Waals surface area contributed by atoms with E-state index in [0.29, 0.717) is 11.7 Å². The monoisotopic (exact) mass is 223 g/mol. The molecule has 0 saturated heterocycles. The molecule has 15 heavy (non-hydrogen) atoms. The van der Waals surface area contributed by atoms with Gasteiger partial charge in [-0.2, -0.15) is 11.3 Å². The number of ketones is 1. The van der Waals surface area contributed by atoms with Gasteiger partial charge in [-0.15, -0.1) is 0 Å². The molecule has 1 aromatic heterocycles. The van der Waals surface area contributed by atoms with Crippen molar-refractivity contribution >= 4 is 17.1 Å². The van der Waals surface area contributed by atoms with E-state index in [-0.39, 0.29) is 5.92 Å². The SMILES string of the molecule is NCC1CCC(C(=O)c2ccsc2)CC1. The van der Waals surface area contributed by atoms with Crippen molar-refractivity contribution in [1.82, 2.24) is 0 Å². The highest BCUT2D eigenvalue weighted by Gasteiger charge is 2.26. The molecule has 2 rings (SSSR count). The summed E-state index contributed by atoms with van der Waals surface area (Å²) < 4.78 is 0. The van der Waals surface area contributed by atoms with E-state index in [1.54, 1.807) is 11.3 Å². The molecule has 82 valence electrons. The van der Waals surface area contributed by atoms with Gasteiger partial charge in [-0.3, -0.25) is 4.79 Å². The van der Waals surface area contributed by atoms with Crippen LogP contribution in [0.1, 0.15) is 36.0 Å². The van der Waals surface area contributed by atoms with Crippen LogP contribution in [0.3, 0.4) is 0 Å². The number of Topliss-reactive ketones (excluding diaryl/α,β-unsaturated/α-hetero) is 1. The van der Waals surface area contributed by atoms with Gasteiger partial charge in [0.1, 0.15) is 0 Å². The van der Waals surface area contributed by atoms with Crippen LogP contribution in [0.5, 0.6) is 0 Å². The van der Waals surface area contributed by atoms with E-state index in [2.05, 4.69) is 0 Å². The van der Waals surface area contributed by atoms with Crippen molar-refractivity contribution in [2.75, 3.05) is 6.54 Å². The molecule has 0 aromatic carbocycles. The standard InChI is InChI=1S/C12H17NOS/c13-7-9-1-3-10(4-2-9)12(14)11-5-6-15-8-11/h5-6,8-10H,1-4,7,13H2. The minimum absolute atomic E-state index is 0.252. The number of carbonyl (C=O) groups is 1. The summed E-state index contributed by atoms with van der Waals surface area (Å²) in [5.74, 6) is 1.24. The Morgan fingerprint density at radius 2 is 2.13 bits per heavy atom. The van der Waals surface area contributed by atoms with Gasteiger partial charge in [-0.1, -0.05) is 0 Å². The van der Waals surface area contributed by atoms with Gasteiger partial charge in [-0.05, 0) is 49.6 Å². The van der Waals surface area contributed by atoms with E-state index in [0.717, 1.165) is 37.8 Å². The first-order chi connectivity index (χ1) is 7.31. The normalized spacial score (nSPS) is 26.5. The molecule has 0 spiro atoms. The van der Waals surface area contributed by atoms with Crippen LogP contribution in [-0.4, -0.2) is 12.3 Å². The Labute approximate surface area is 94.5 Å². The van der Waals surface area contributed by atoms with Gasteiger partial charge in [0.05, 0.1) is 0 Å². The zero-order valence-corrected chi connectivity index (χ0v) is 9.63. The van der Waals surface area contributed by atoms with Gasteiger partial charge in [-0.25, -0.2) is 0 Å². The summed E-state index contributed by atoms with van der Waals surface area (Å²) in [6, 6.07) is 1.93. The average molecular weight is 223 g/mol. The second kappa shape index (κ2) is 4.90. The fraction of sp³-hybridized carbons (Fsp3) is 0.583. The fourth-order valence-corrected chi connectivity index (χ4v) is 2.95. The van der Waals surface area contributed by atoms with Crippen molar-refractivity contribution in [2.45, 2.75) is 25.7 Å². The number of nitrogens with two attached hydrogens (primary N) is 1. The van der Waals surface area contributed by atoms with Gasteiger partial charge >= 0.3 is 0 Å². The van der Waals surface area contributed by atoms with Crippen molar-refractivity contribution in [1.29, 1.82) is 0 Å². The minimum Gasteiger partial charge on any atom is -0.330 e. The number of hydrogen-bond donors (Lipinski definition) is 1. The lowest BCUT2D eigenvalue weighted by atomic mass is 9.79. The highest BCUT2D eigenvalue weighted by atomic mass is 32.1. The predicted octanol–water partition coefficient (Wildman–Crippen LogP) is 2.70. The molecule has 2 nitrogen and oxygen atoms in total. The molecule has 3 heteroatoms. The van der Waals surface area contributed by atoms with Crippen LogP contribution >= 0.6 is 11.3 Å². The van der Waals surface area contributed by atoms with E-state index in [1.807, 2.05) is 16.8 Å². The third-order valence-corrected chi connectivity index (χ3v) is 4.04. The lowest BCUT2D eigenvalue weighted by Crippen LogP contribution is -2.25. The summed E-state index contributed by atoms with van der Waals surface area (Å²) in [7, 11) is 0. The van der Waals surface area contributed by atoms with Crippen molar-refractivity contribution in [3.63, 3.8) is 0 Å². The van der Waals surface area contributed by atoms with Crippen LogP contribution < -0.4 is 5.73 Å². The third kappa shape index (κ3) is 2.47. The predicted molar refractivity (Wildman–Crippen MR) is 63.2 cm³/mol. The van der Waals surface area contributed by atoms with Gasteiger partial charge in [0.2, 0.25) is 0 Å². The average Bonchev–Trinajstić information content (AvgIpc) is 2.82. The van der Waals surface area contributed by atoms with Crippen molar-refractivity contribution in [3.05, 3.63) is 22.4 Å². The first kappa shape index (κ1) is 10.8. The van der Waals surface area contributed by atoms with E-state index in [4.69, 9.17) is 5.73 Å². The van der Waals surface area contributed by atoms with Crippen LogP contribution in [0, 0.1) is 11.8 Å². The second-order valence-electron chi connectivity index (χ2n) is 4.33. The molecule has 0 radical (unpaired) electrons. The van der Waals surface area contributed by atoms with E-state index in [9.17, 15) is 4.79 Å². The minimum atomic E-state index is 0.252. The van der Waals surface area contributed by atoms with Crippen LogP contribution in [0.25, 0.3) is 0 Å². The summed E-state index contributed by atoms with van der Waals surface area (Å²) in [4.78, 5) is 12.0. The lowest BCUT2D eigenvalue weighted by molar-refractivity contribution is 0.0874. The molecule has 1 heterocycles. The lowest BCUT2D eigenvalue weighted by Gasteiger charge is -2.26. The largest absolute Gasteiger partial charge is 0.330 e. The number of thiophene rings is 1. The van der Waals surface area contributed by atoms with Gasteiger partial charge < -0.3 is 5.73 Å².